The second kappa shape index (κ2) is 6.31. The molecule has 0 saturated carbocycles. The average Bonchev–Trinajstić information content (AvgIpc) is 2.25. The Hall–Kier alpha value is -1.91. The van der Waals surface area contributed by atoms with Crippen LogP contribution in [0.15, 0.2) is 24.3 Å². The van der Waals surface area contributed by atoms with E-state index in [4.69, 9.17) is 10.5 Å². The fourth-order valence-electron chi connectivity index (χ4n) is 2.08. The minimum absolute atomic E-state index is 0.329. The number of amides is 1. The van der Waals surface area contributed by atoms with Crippen LogP contribution >= 0.6 is 0 Å². The first-order chi connectivity index (χ1) is 8.82. The molecule has 4 nitrogen and oxygen atoms in total. The Labute approximate surface area is 111 Å². The number of hydrogen-bond donors (Lipinski definition) is 1. The number of carbonyl (C=O) groups excluding carboxylic acids is 2. The highest BCUT2D eigenvalue weighted by molar-refractivity contribution is 5.65. The maximum absolute atomic E-state index is 13.1. The van der Waals surface area contributed by atoms with Crippen LogP contribution in [0.2, 0.25) is 0 Å². The van der Waals surface area contributed by atoms with Crippen LogP contribution < -0.4 is 5.73 Å². The number of hydrogen-bond acceptors (Lipinski definition) is 3. The SMILES string of the molecule is CC(C)(CC(C=O)Cc1cccc(F)c1)OC(N)=O. The third-order valence-corrected chi connectivity index (χ3v) is 2.71. The Morgan fingerprint density at radius 1 is 1.53 bits per heavy atom. The molecule has 0 aromatic heterocycles. The third kappa shape index (κ3) is 5.50. The van der Waals surface area contributed by atoms with Gasteiger partial charge in [-0.05, 0) is 44.4 Å². The van der Waals surface area contributed by atoms with Gasteiger partial charge < -0.3 is 15.3 Å². The Morgan fingerprint density at radius 2 is 2.21 bits per heavy atom. The number of aldehydes is 1. The van der Waals surface area contributed by atoms with Crippen molar-refractivity contribution >= 4 is 12.4 Å². The molecule has 1 unspecified atom stereocenters. The van der Waals surface area contributed by atoms with E-state index in [0.717, 1.165) is 11.8 Å². The number of rotatable bonds is 6. The highest BCUT2D eigenvalue weighted by Gasteiger charge is 2.26. The molecule has 0 heterocycles. The minimum atomic E-state index is -0.875. The summed E-state index contributed by atoms with van der Waals surface area (Å²) in [6, 6.07) is 6.08. The quantitative estimate of drug-likeness (QED) is 0.805. The van der Waals surface area contributed by atoms with Crippen LogP contribution in [0.4, 0.5) is 9.18 Å². The van der Waals surface area contributed by atoms with Crippen LogP contribution in [-0.2, 0) is 16.0 Å². The van der Waals surface area contributed by atoms with Crippen molar-refractivity contribution in [1.82, 2.24) is 0 Å². The molecule has 1 aromatic rings. The number of benzene rings is 1. The predicted octanol–water partition coefficient (Wildman–Crippen LogP) is 2.45. The van der Waals surface area contributed by atoms with Gasteiger partial charge in [0.15, 0.2) is 0 Å². The van der Waals surface area contributed by atoms with E-state index < -0.39 is 11.7 Å². The highest BCUT2D eigenvalue weighted by Crippen LogP contribution is 2.22. The summed E-state index contributed by atoms with van der Waals surface area (Å²) in [7, 11) is 0. The smallest absolute Gasteiger partial charge is 0.405 e. The maximum Gasteiger partial charge on any atom is 0.405 e. The van der Waals surface area contributed by atoms with Gasteiger partial charge in [0.25, 0.3) is 0 Å². The van der Waals surface area contributed by atoms with Crippen molar-refractivity contribution in [3.05, 3.63) is 35.6 Å². The molecule has 0 aliphatic rings. The van der Waals surface area contributed by atoms with Gasteiger partial charge in [0.05, 0.1) is 0 Å². The van der Waals surface area contributed by atoms with E-state index in [1.807, 2.05) is 0 Å². The fourth-order valence-corrected chi connectivity index (χ4v) is 2.08. The first-order valence-electron chi connectivity index (χ1n) is 6.00. The number of halogens is 1. The number of nitrogens with two attached hydrogens (primary N) is 1. The summed E-state index contributed by atoms with van der Waals surface area (Å²) in [6.45, 7) is 3.36. The lowest BCUT2D eigenvalue weighted by Crippen LogP contribution is -2.34. The predicted molar refractivity (Wildman–Crippen MR) is 69.0 cm³/mol. The molecule has 0 aliphatic carbocycles. The van der Waals surface area contributed by atoms with Crippen LogP contribution in [0, 0.1) is 11.7 Å². The van der Waals surface area contributed by atoms with Crippen LogP contribution in [0.3, 0.4) is 0 Å². The van der Waals surface area contributed by atoms with Crippen molar-refractivity contribution in [3.8, 4) is 0 Å². The number of carbonyl (C=O) groups is 2. The summed E-state index contributed by atoms with van der Waals surface area (Å²) in [6.07, 6.45) is 0.639. The van der Waals surface area contributed by atoms with Gasteiger partial charge in [-0.25, -0.2) is 9.18 Å². The van der Waals surface area contributed by atoms with Gasteiger partial charge in [0.2, 0.25) is 0 Å². The van der Waals surface area contributed by atoms with Crippen molar-refractivity contribution in [3.63, 3.8) is 0 Å². The van der Waals surface area contributed by atoms with Gasteiger partial charge in [0, 0.05) is 5.92 Å². The standard InChI is InChI=1S/C14H18FNO3/c1-14(2,19-13(16)18)8-11(9-17)6-10-4-3-5-12(15)7-10/h3-5,7,9,11H,6,8H2,1-2H3,(H2,16,18). The summed E-state index contributed by atoms with van der Waals surface area (Å²) in [5.41, 5.74) is 4.87. The zero-order valence-corrected chi connectivity index (χ0v) is 11.1. The second-order valence-corrected chi connectivity index (χ2v) is 5.12. The molecule has 0 spiro atoms. The second-order valence-electron chi connectivity index (χ2n) is 5.12. The van der Waals surface area contributed by atoms with Crippen LogP contribution in [0.25, 0.3) is 0 Å². The lowest BCUT2D eigenvalue weighted by molar-refractivity contribution is -0.112. The van der Waals surface area contributed by atoms with E-state index in [-0.39, 0.29) is 11.7 Å². The molecule has 1 amide bonds. The Morgan fingerprint density at radius 3 is 2.74 bits per heavy atom. The molecule has 19 heavy (non-hydrogen) atoms. The Kier molecular flexibility index (Phi) is 5.03. The molecule has 0 saturated heterocycles. The summed E-state index contributed by atoms with van der Waals surface area (Å²) in [5, 5.41) is 0. The van der Waals surface area contributed by atoms with Gasteiger partial charge in [-0.3, -0.25) is 0 Å². The largest absolute Gasteiger partial charge is 0.444 e. The molecule has 0 bridgehead atoms. The zero-order chi connectivity index (χ0) is 14.5. The summed E-state index contributed by atoms with van der Waals surface area (Å²) in [4.78, 5) is 21.8. The molecule has 1 rings (SSSR count). The normalized spacial score (nSPS) is 12.8. The molecular formula is C14H18FNO3. The summed E-state index contributed by atoms with van der Waals surface area (Å²) < 4.78 is 18.0. The fraction of sp³-hybridized carbons (Fsp3) is 0.429. The molecule has 0 fully saturated rings. The van der Waals surface area contributed by atoms with Crippen LogP contribution in [0.1, 0.15) is 25.8 Å². The minimum Gasteiger partial charge on any atom is -0.444 e. The van der Waals surface area contributed by atoms with Crippen LogP contribution in [-0.4, -0.2) is 18.0 Å². The number of ether oxygens (including phenoxy) is 1. The highest BCUT2D eigenvalue weighted by atomic mass is 19.1. The molecular weight excluding hydrogens is 249 g/mol. The van der Waals surface area contributed by atoms with Crippen molar-refractivity contribution < 1.29 is 18.7 Å². The monoisotopic (exact) mass is 267 g/mol. The molecule has 1 aromatic carbocycles. The van der Waals surface area contributed by atoms with E-state index in [9.17, 15) is 14.0 Å². The summed E-state index contributed by atoms with van der Waals surface area (Å²) >= 11 is 0. The number of primary amides is 1. The van der Waals surface area contributed by atoms with Gasteiger partial charge in [0.1, 0.15) is 17.7 Å². The summed E-state index contributed by atoms with van der Waals surface area (Å²) in [5.74, 6) is -0.703. The Balaban J connectivity index is 2.68. The van der Waals surface area contributed by atoms with Crippen molar-refractivity contribution in [2.45, 2.75) is 32.3 Å². The van der Waals surface area contributed by atoms with E-state index in [1.165, 1.54) is 12.1 Å². The van der Waals surface area contributed by atoms with Crippen molar-refractivity contribution in [2.24, 2.45) is 11.7 Å². The molecule has 5 heteroatoms. The van der Waals surface area contributed by atoms with E-state index in [0.29, 0.717) is 12.8 Å². The topological polar surface area (TPSA) is 69.4 Å². The van der Waals surface area contributed by atoms with E-state index in [2.05, 4.69) is 0 Å². The lowest BCUT2D eigenvalue weighted by Gasteiger charge is -2.26. The molecule has 104 valence electrons. The van der Waals surface area contributed by atoms with Crippen molar-refractivity contribution in [2.75, 3.05) is 0 Å². The van der Waals surface area contributed by atoms with Crippen molar-refractivity contribution in [1.29, 1.82) is 0 Å². The first kappa shape index (κ1) is 15.1. The van der Waals surface area contributed by atoms with Gasteiger partial charge in [-0.1, -0.05) is 12.1 Å². The van der Waals surface area contributed by atoms with Gasteiger partial charge >= 0.3 is 6.09 Å². The third-order valence-electron chi connectivity index (χ3n) is 2.71. The molecule has 0 aliphatic heterocycles. The molecule has 2 N–H and O–H groups in total. The van der Waals surface area contributed by atoms with E-state index in [1.54, 1.807) is 26.0 Å². The lowest BCUT2D eigenvalue weighted by atomic mass is 9.89. The van der Waals surface area contributed by atoms with Crippen LogP contribution in [0.5, 0.6) is 0 Å². The average molecular weight is 267 g/mol. The zero-order valence-electron chi connectivity index (χ0n) is 11.1. The Bertz CT molecular complexity index is 460. The van der Waals surface area contributed by atoms with E-state index >= 15 is 0 Å². The molecule has 0 radical (unpaired) electrons. The van der Waals surface area contributed by atoms with Gasteiger partial charge in [-0.2, -0.15) is 0 Å². The first-order valence-corrected chi connectivity index (χ1v) is 6.00. The maximum atomic E-state index is 13.1. The van der Waals surface area contributed by atoms with Gasteiger partial charge in [-0.15, -0.1) is 0 Å². The molecule has 1 atom stereocenters.